The topological polar surface area (TPSA) is 42.0 Å². The Balaban J connectivity index is 1.29. The maximum atomic E-state index is 12.4. The van der Waals surface area contributed by atoms with Crippen LogP contribution < -0.4 is 0 Å². The summed E-state index contributed by atoms with van der Waals surface area (Å²) < 4.78 is 11.0. The molecule has 0 radical (unpaired) electrons. The van der Waals surface area contributed by atoms with E-state index in [2.05, 4.69) is 9.80 Å². The van der Waals surface area contributed by atoms with E-state index in [9.17, 15) is 4.79 Å². The van der Waals surface area contributed by atoms with Crippen LogP contribution in [0.5, 0.6) is 0 Å². The molecule has 3 aliphatic rings. The number of carbonyl (C=O) groups is 1. The Kier molecular flexibility index (Phi) is 6.72. The highest BCUT2D eigenvalue weighted by Gasteiger charge is 2.23. The van der Waals surface area contributed by atoms with Crippen molar-refractivity contribution in [3.8, 4) is 0 Å². The van der Waals surface area contributed by atoms with E-state index in [4.69, 9.17) is 9.47 Å². The molecule has 1 saturated carbocycles. The summed E-state index contributed by atoms with van der Waals surface area (Å²) in [6.45, 7) is 6.21. The van der Waals surface area contributed by atoms with Crippen LogP contribution in [0.3, 0.4) is 0 Å². The Morgan fingerprint density at radius 3 is 2.30 bits per heavy atom. The van der Waals surface area contributed by atoms with Crippen LogP contribution in [0.4, 0.5) is 0 Å². The van der Waals surface area contributed by atoms with Gasteiger partial charge in [0.05, 0.1) is 13.2 Å². The lowest BCUT2D eigenvalue weighted by Crippen LogP contribution is -2.49. The molecule has 2 heterocycles. The van der Waals surface area contributed by atoms with Crippen LogP contribution >= 0.6 is 0 Å². The van der Waals surface area contributed by atoms with E-state index >= 15 is 0 Å². The first kappa shape index (κ1) is 17.2. The molecule has 0 unspecified atom stereocenters. The second-order valence-electron chi connectivity index (χ2n) is 7.22. The summed E-state index contributed by atoms with van der Waals surface area (Å²) in [5.41, 5.74) is 0. The zero-order valence-electron chi connectivity index (χ0n) is 14.4. The number of hydrogen-bond acceptors (Lipinski definition) is 4. The van der Waals surface area contributed by atoms with Gasteiger partial charge in [0, 0.05) is 45.6 Å². The van der Waals surface area contributed by atoms with Crippen molar-refractivity contribution in [1.29, 1.82) is 0 Å². The van der Waals surface area contributed by atoms with Crippen molar-refractivity contribution in [2.75, 3.05) is 45.9 Å². The zero-order valence-corrected chi connectivity index (χ0v) is 14.4. The summed E-state index contributed by atoms with van der Waals surface area (Å²) in [6, 6.07) is 0. The van der Waals surface area contributed by atoms with Gasteiger partial charge in [0.2, 0.25) is 5.91 Å². The monoisotopic (exact) mass is 324 g/mol. The molecule has 3 fully saturated rings. The first-order valence-corrected chi connectivity index (χ1v) is 9.54. The summed E-state index contributed by atoms with van der Waals surface area (Å²) >= 11 is 0. The van der Waals surface area contributed by atoms with Gasteiger partial charge < -0.3 is 14.4 Å². The molecule has 0 spiro atoms. The molecule has 5 nitrogen and oxygen atoms in total. The highest BCUT2D eigenvalue weighted by Crippen LogP contribution is 2.27. The molecule has 2 aliphatic heterocycles. The number of rotatable bonds is 6. The highest BCUT2D eigenvalue weighted by atomic mass is 16.7. The van der Waals surface area contributed by atoms with Gasteiger partial charge in [-0.15, -0.1) is 0 Å². The Morgan fingerprint density at radius 1 is 0.913 bits per heavy atom. The third-order valence-corrected chi connectivity index (χ3v) is 5.59. The second kappa shape index (κ2) is 9.00. The molecule has 1 amide bonds. The summed E-state index contributed by atoms with van der Waals surface area (Å²) in [6.07, 6.45) is 9.60. The zero-order chi connectivity index (χ0) is 15.9. The van der Waals surface area contributed by atoms with Gasteiger partial charge in [-0.25, -0.2) is 0 Å². The third kappa shape index (κ3) is 5.44. The number of hydrogen-bond donors (Lipinski definition) is 0. The molecule has 2 saturated heterocycles. The van der Waals surface area contributed by atoms with Gasteiger partial charge in [0.25, 0.3) is 0 Å². The molecule has 0 atom stereocenters. The van der Waals surface area contributed by atoms with Gasteiger partial charge in [-0.05, 0) is 12.3 Å². The number of ether oxygens (including phenoxy) is 2. The van der Waals surface area contributed by atoms with Crippen LogP contribution in [-0.4, -0.2) is 67.9 Å². The average Bonchev–Trinajstić information content (AvgIpc) is 3.13. The molecule has 1 aliphatic carbocycles. The molecular formula is C18H32N2O3. The Labute approximate surface area is 140 Å². The van der Waals surface area contributed by atoms with Gasteiger partial charge in [0.15, 0.2) is 6.29 Å². The fourth-order valence-electron chi connectivity index (χ4n) is 4.04. The molecule has 3 rings (SSSR count). The Hall–Kier alpha value is -0.650. The van der Waals surface area contributed by atoms with Crippen LogP contribution in [-0.2, 0) is 14.3 Å². The van der Waals surface area contributed by atoms with E-state index < -0.39 is 0 Å². The smallest absolute Gasteiger partial charge is 0.222 e. The lowest BCUT2D eigenvalue weighted by molar-refractivity contribution is -0.133. The van der Waals surface area contributed by atoms with Gasteiger partial charge in [-0.1, -0.05) is 32.1 Å². The molecular weight excluding hydrogens is 292 g/mol. The molecule has 0 N–H and O–H groups in total. The minimum atomic E-state index is -0.00912. The maximum absolute atomic E-state index is 12.4. The van der Waals surface area contributed by atoms with E-state index in [1.807, 2.05) is 0 Å². The minimum absolute atomic E-state index is 0.00912. The second-order valence-corrected chi connectivity index (χ2v) is 7.22. The van der Waals surface area contributed by atoms with Crippen molar-refractivity contribution in [1.82, 2.24) is 9.80 Å². The highest BCUT2D eigenvalue weighted by molar-refractivity contribution is 5.76. The van der Waals surface area contributed by atoms with Crippen molar-refractivity contribution in [3.05, 3.63) is 0 Å². The van der Waals surface area contributed by atoms with Crippen molar-refractivity contribution in [3.63, 3.8) is 0 Å². The van der Waals surface area contributed by atoms with Crippen molar-refractivity contribution in [2.45, 2.75) is 57.7 Å². The van der Waals surface area contributed by atoms with Crippen molar-refractivity contribution < 1.29 is 14.3 Å². The summed E-state index contributed by atoms with van der Waals surface area (Å²) in [5.74, 6) is 1.18. The van der Waals surface area contributed by atoms with Gasteiger partial charge in [0.1, 0.15) is 0 Å². The lowest BCUT2D eigenvalue weighted by atomic mass is 9.86. The third-order valence-electron chi connectivity index (χ3n) is 5.59. The standard InChI is InChI=1S/C18H32N2O3/c21-17(7-6-16-4-2-1-3-5-16)20-12-10-19(11-13-20)9-8-18-22-14-15-23-18/h16,18H,1-15H2. The van der Waals surface area contributed by atoms with Gasteiger partial charge >= 0.3 is 0 Å². The quantitative estimate of drug-likeness (QED) is 0.751. The summed E-state index contributed by atoms with van der Waals surface area (Å²) in [4.78, 5) is 16.9. The predicted octanol–water partition coefficient (Wildman–Crippen LogP) is 2.25. The Morgan fingerprint density at radius 2 is 1.61 bits per heavy atom. The van der Waals surface area contributed by atoms with Crippen molar-refractivity contribution in [2.24, 2.45) is 5.92 Å². The minimum Gasteiger partial charge on any atom is -0.350 e. The predicted molar refractivity (Wildman–Crippen MR) is 89.1 cm³/mol. The Bertz CT molecular complexity index is 357. The molecule has 0 aromatic heterocycles. The van der Waals surface area contributed by atoms with E-state index in [1.165, 1.54) is 32.1 Å². The summed E-state index contributed by atoms with van der Waals surface area (Å²) in [7, 11) is 0. The van der Waals surface area contributed by atoms with Gasteiger partial charge in [-0.2, -0.15) is 0 Å². The number of carbonyl (C=O) groups excluding carboxylic acids is 1. The molecule has 0 aromatic rings. The maximum Gasteiger partial charge on any atom is 0.222 e. The average molecular weight is 324 g/mol. The van der Waals surface area contributed by atoms with Crippen LogP contribution in [0.1, 0.15) is 51.4 Å². The fraction of sp³-hybridized carbons (Fsp3) is 0.944. The molecule has 132 valence electrons. The van der Waals surface area contributed by atoms with Crippen LogP contribution in [0, 0.1) is 5.92 Å². The van der Waals surface area contributed by atoms with Crippen molar-refractivity contribution >= 4 is 5.91 Å². The van der Waals surface area contributed by atoms with E-state index in [-0.39, 0.29) is 6.29 Å². The number of amides is 1. The van der Waals surface area contributed by atoms with Crippen LogP contribution in [0.25, 0.3) is 0 Å². The normalized spacial score (nSPS) is 25.1. The van der Waals surface area contributed by atoms with Crippen LogP contribution in [0.2, 0.25) is 0 Å². The number of nitrogens with zero attached hydrogens (tertiary/aromatic N) is 2. The van der Waals surface area contributed by atoms with Crippen LogP contribution in [0.15, 0.2) is 0 Å². The van der Waals surface area contributed by atoms with E-state index in [1.54, 1.807) is 0 Å². The molecule has 5 heteroatoms. The molecule has 0 aromatic carbocycles. The lowest BCUT2D eigenvalue weighted by Gasteiger charge is -2.35. The molecule has 23 heavy (non-hydrogen) atoms. The van der Waals surface area contributed by atoms with E-state index in [0.29, 0.717) is 5.91 Å². The fourth-order valence-corrected chi connectivity index (χ4v) is 4.04. The van der Waals surface area contributed by atoms with E-state index in [0.717, 1.165) is 71.1 Å². The largest absolute Gasteiger partial charge is 0.350 e. The first-order valence-electron chi connectivity index (χ1n) is 9.54. The SMILES string of the molecule is O=C(CCC1CCCCC1)N1CCN(CCC2OCCO2)CC1. The summed E-state index contributed by atoms with van der Waals surface area (Å²) in [5, 5.41) is 0. The van der Waals surface area contributed by atoms with Gasteiger partial charge in [-0.3, -0.25) is 9.69 Å². The first-order chi connectivity index (χ1) is 11.3. The molecule has 0 bridgehead atoms. The number of piperazine rings is 1.